The minimum absolute atomic E-state index is 0.0137. The number of hydrogen-bond donors (Lipinski definition) is 2. The molecule has 2 rings (SSSR count). The molecule has 2 atom stereocenters. The van der Waals surface area contributed by atoms with Crippen molar-refractivity contribution in [3.63, 3.8) is 0 Å². The standard InChI is InChI=1S/C13H17ClN2O2/c1-9(12-3-2-8-18-12)15-13(17)16-11-6-4-10(14)5-7-11/h4-7,9,12H,2-3,8H2,1H3,(H2,15,16,17)/t9-,12-/m0/s1. The van der Waals surface area contributed by atoms with Gasteiger partial charge in [-0.05, 0) is 44.0 Å². The Kier molecular flexibility index (Phi) is 4.44. The van der Waals surface area contributed by atoms with E-state index in [1.165, 1.54) is 0 Å². The fourth-order valence-electron chi connectivity index (χ4n) is 2.00. The Hall–Kier alpha value is -1.26. The number of rotatable bonds is 3. The molecule has 0 spiro atoms. The average molecular weight is 269 g/mol. The van der Waals surface area contributed by atoms with Crippen molar-refractivity contribution in [2.75, 3.05) is 11.9 Å². The van der Waals surface area contributed by atoms with Gasteiger partial charge < -0.3 is 15.4 Å². The second kappa shape index (κ2) is 6.07. The molecule has 0 aliphatic carbocycles. The fourth-order valence-corrected chi connectivity index (χ4v) is 2.12. The van der Waals surface area contributed by atoms with E-state index in [1.807, 2.05) is 6.92 Å². The van der Waals surface area contributed by atoms with Gasteiger partial charge in [-0.3, -0.25) is 0 Å². The molecule has 0 radical (unpaired) electrons. The van der Waals surface area contributed by atoms with Crippen LogP contribution in [-0.2, 0) is 4.74 Å². The highest BCUT2D eigenvalue weighted by Gasteiger charge is 2.23. The molecule has 98 valence electrons. The summed E-state index contributed by atoms with van der Waals surface area (Å²) in [5.74, 6) is 0. The van der Waals surface area contributed by atoms with Gasteiger partial charge in [0.1, 0.15) is 0 Å². The molecule has 1 fully saturated rings. The Bertz CT molecular complexity index is 402. The quantitative estimate of drug-likeness (QED) is 0.885. The van der Waals surface area contributed by atoms with E-state index in [2.05, 4.69) is 10.6 Å². The number of amides is 2. The van der Waals surface area contributed by atoms with Gasteiger partial charge in [0.05, 0.1) is 12.1 Å². The van der Waals surface area contributed by atoms with Crippen molar-refractivity contribution in [2.24, 2.45) is 0 Å². The molecule has 1 saturated heterocycles. The number of nitrogens with one attached hydrogen (secondary N) is 2. The molecule has 1 aromatic carbocycles. The minimum Gasteiger partial charge on any atom is -0.376 e. The van der Waals surface area contributed by atoms with Crippen LogP contribution in [0.2, 0.25) is 5.02 Å². The molecule has 1 aromatic rings. The molecule has 5 heteroatoms. The van der Waals surface area contributed by atoms with Gasteiger partial charge in [-0.1, -0.05) is 11.6 Å². The lowest BCUT2D eigenvalue weighted by Crippen LogP contribution is -2.42. The normalized spacial score (nSPS) is 20.4. The van der Waals surface area contributed by atoms with Crippen LogP contribution >= 0.6 is 11.6 Å². The smallest absolute Gasteiger partial charge is 0.319 e. The highest BCUT2D eigenvalue weighted by molar-refractivity contribution is 6.30. The van der Waals surface area contributed by atoms with Crippen LogP contribution in [0.5, 0.6) is 0 Å². The molecule has 18 heavy (non-hydrogen) atoms. The number of anilines is 1. The first-order valence-corrected chi connectivity index (χ1v) is 6.47. The summed E-state index contributed by atoms with van der Waals surface area (Å²) in [6.07, 6.45) is 2.19. The molecule has 1 heterocycles. The van der Waals surface area contributed by atoms with Crippen molar-refractivity contribution in [3.05, 3.63) is 29.3 Å². The third-order valence-corrected chi connectivity index (χ3v) is 3.24. The van der Waals surface area contributed by atoms with E-state index in [9.17, 15) is 4.79 Å². The lowest BCUT2D eigenvalue weighted by molar-refractivity contribution is 0.0868. The number of benzene rings is 1. The fraction of sp³-hybridized carbons (Fsp3) is 0.462. The van der Waals surface area contributed by atoms with Crippen LogP contribution < -0.4 is 10.6 Å². The van der Waals surface area contributed by atoms with Crippen molar-refractivity contribution in [1.29, 1.82) is 0 Å². The van der Waals surface area contributed by atoms with Crippen molar-refractivity contribution in [1.82, 2.24) is 5.32 Å². The predicted molar refractivity (Wildman–Crippen MR) is 72.0 cm³/mol. The summed E-state index contributed by atoms with van der Waals surface area (Å²) in [6, 6.07) is 6.79. The molecule has 4 nitrogen and oxygen atoms in total. The highest BCUT2D eigenvalue weighted by atomic mass is 35.5. The van der Waals surface area contributed by atoms with Crippen molar-refractivity contribution in [2.45, 2.75) is 31.9 Å². The maximum absolute atomic E-state index is 11.8. The minimum atomic E-state index is -0.222. The molecule has 1 aliphatic heterocycles. The van der Waals surface area contributed by atoms with Gasteiger partial charge in [-0.2, -0.15) is 0 Å². The summed E-state index contributed by atoms with van der Waals surface area (Å²) in [5.41, 5.74) is 0.719. The Morgan fingerprint density at radius 2 is 2.17 bits per heavy atom. The molecule has 2 N–H and O–H groups in total. The van der Waals surface area contributed by atoms with Crippen LogP contribution in [-0.4, -0.2) is 24.8 Å². The molecule has 1 aliphatic rings. The van der Waals surface area contributed by atoms with E-state index >= 15 is 0 Å². The lowest BCUT2D eigenvalue weighted by Gasteiger charge is -2.20. The van der Waals surface area contributed by atoms with E-state index < -0.39 is 0 Å². The predicted octanol–water partition coefficient (Wildman–Crippen LogP) is 3.03. The van der Waals surface area contributed by atoms with Gasteiger partial charge in [-0.15, -0.1) is 0 Å². The first kappa shape index (κ1) is 13.2. The summed E-state index contributed by atoms with van der Waals surface area (Å²) in [4.78, 5) is 11.8. The summed E-state index contributed by atoms with van der Waals surface area (Å²) in [7, 11) is 0. The topological polar surface area (TPSA) is 50.4 Å². The third kappa shape index (κ3) is 3.62. The first-order chi connectivity index (χ1) is 8.65. The number of ether oxygens (including phenoxy) is 1. The SMILES string of the molecule is C[C@H](NC(=O)Nc1ccc(Cl)cc1)[C@@H]1CCCO1. The Balaban J connectivity index is 1.82. The van der Waals surface area contributed by atoms with E-state index in [4.69, 9.17) is 16.3 Å². The van der Waals surface area contributed by atoms with E-state index in [1.54, 1.807) is 24.3 Å². The van der Waals surface area contributed by atoms with Gasteiger partial charge in [0.15, 0.2) is 0 Å². The van der Waals surface area contributed by atoms with Crippen molar-refractivity contribution < 1.29 is 9.53 Å². The van der Waals surface area contributed by atoms with Gasteiger partial charge in [0.25, 0.3) is 0 Å². The number of carbonyl (C=O) groups excluding carboxylic acids is 1. The highest BCUT2D eigenvalue weighted by Crippen LogP contribution is 2.16. The lowest BCUT2D eigenvalue weighted by atomic mass is 10.1. The first-order valence-electron chi connectivity index (χ1n) is 6.10. The van der Waals surface area contributed by atoms with Gasteiger partial charge in [-0.25, -0.2) is 4.79 Å². The number of carbonyl (C=O) groups is 1. The molecule has 0 aromatic heterocycles. The molecule has 0 saturated carbocycles. The Morgan fingerprint density at radius 3 is 2.78 bits per heavy atom. The molecule has 0 bridgehead atoms. The Labute approximate surface area is 112 Å². The van der Waals surface area contributed by atoms with Crippen molar-refractivity contribution in [3.8, 4) is 0 Å². The summed E-state index contributed by atoms with van der Waals surface area (Å²) in [6.45, 7) is 2.74. The molecular formula is C13H17ClN2O2. The van der Waals surface area contributed by atoms with Crippen molar-refractivity contribution >= 4 is 23.3 Å². The average Bonchev–Trinajstić information content (AvgIpc) is 2.85. The maximum Gasteiger partial charge on any atom is 0.319 e. The van der Waals surface area contributed by atoms with E-state index in [0.29, 0.717) is 5.02 Å². The summed E-state index contributed by atoms with van der Waals surface area (Å²) in [5, 5.41) is 6.28. The summed E-state index contributed by atoms with van der Waals surface area (Å²) >= 11 is 5.77. The van der Waals surface area contributed by atoms with Crippen LogP contribution in [0.3, 0.4) is 0 Å². The van der Waals surface area contributed by atoms with E-state index in [-0.39, 0.29) is 18.2 Å². The third-order valence-electron chi connectivity index (χ3n) is 2.98. The zero-order valence-electron chi connectivity index (χ0n) is 10.3. The van der Waals surface area contributed by atoms with Gasteiger partial charge in [0.2, 0.25) is 0 Å². The second-order valence-corrected chi connectivity index (χ2v) is 4.88. The molecule has 0 unspecified atom stereocenters. The number of halogens is 1. The largest absolute Gasteiger partial charge is 0.376 e. The maximum atomic E-state index is 11.8. The number of urea groups is 1. The van der Waals surface area contributed by atoms with Crippen LogP contribution in [0.4, 0.5) is 10.5 Å². The zero-order chi connectivity index (χ0) is 13.0. The summed E-state index contributed by atoms with van der Waals surface area (Å²) < 4.78 is 5.52. The van der Waals surface area contributed by atoms with E-state index in [0.717, 1.165) is 25.1 Å². The van der Waals surface area contributed by atoms with Gasteiger partial charge in [0, 0.05) is 17.3 Å². The van der Waals surface area contributed by atoms with Crippen LogP contribution in [0.25, 0.3) is 0 Å². The van der Waals surface area contributed by atoms with Crippen LogP contribution in [0.15, 0.2) is 24.3 Å². The van der Waals surface area contributed by atoms with Crippen LogP contribution in [0.1, 0.15) is 19.8 Å². The van der Waals surface area contributed by atoms with Gasteiger partial charge >= 0.3 is 6.03 Å². The second-order valence-electron chi connectivity index (χ2n) is 4.45. The molecular weight excluding hydrogens is 252 g/mol. The van der Waals surface area contributed by atoms with Crippen LogP contribution in [0, 0.1) is 0 Å². The monoisotopic (exact) mass is 268 g/mol. The Morgan fingerprint density at radius 1 is 1.44 bits per heavy atom. The molecule has 2 amide bonds. The number of hydrogen-bond acceptors (Lipinski definition) is 2. The zero-order valence-corrected chi connectivity index (χ0v) is 11.0.